The van der Waals surface area contributed by atoms with Crippen LogP contribution in [0.1, 0.15) is 55.5 Å². The average Bonchev–Trinajstić information content (AvgIpc) is 3.59. The fourth-order valence-corrected chi connectivity index (χ4v) is 5.39. The second-order valence-electron chi connectivity index (χ2n) is 10.6. The first kappa shape index (κ1) is 32.2. The lowest BCUT2D eigenvalue weighted by atomic mass is 9.96. The van der Waals surface area contributed by atoms with E-state index in [0.29, 0.717) is 53.3 Å². The molecule has 4 aromatic rings. The van der Waals surface area contributed by atoms with E-state index >= 15 is 0 Å². The van der Waals surface area contributed by atoms with Gasteiger partial charge in [0.05, 0.1) is 43.8 Å². The van der Waals surface area contributed by atoms with Gasteiger partial charge in [0.2, 0.25) is 5.91 Å². The van der Waals surface area contributed by atoms with E-state index in [1.54, 1.807) is 37.4 Å². The van der Waals surface area contributed by atoms with Crippen LogP contribution >= 0.6 is 11.6 Å². The Hall–Kier alpha value is -5.17. The zero-order valence-corrected chi connectivity index (χ0v) is 26.1. The normalized spacial score (nSPS) is 16.3. The number of carbonyl (C=O) groups is 3. The number of nitrogens with one attached hydrogen (secondary N) is 2. The number of esters is 2. The lowest BCUT2D eigenvalue weighted by Crippen LogP contribution is -2.32. The lowest BCUT2D eigenvalue weighted by molar-refractivity contribution is -0.144. The highest BCUT2D eigenvalue weighted by Gasteiger charge is 2.24. The van der Waals surface area contributed by atoms with Crippen molar-refractivity contribution in [2.45, 2.75) is 51.1 Å². The van der Waals surface area contributed by atoms with Crippen molar-refractivity contribution in [3.63, 3.8) is 0 Å². The van der Waals surface area contributed by atoms with Gasteiger partial charge in [-0.05, 0) is 72.2 Å². The van der Waals surface area contributed by atoms with Gasteiger partial charge < -0.3 is 20.1 Å². The molecule has 1 aliphatic heterocycles. The largest absolute Gasteiger partial charge is 0.469 e. The summed E-state index contributed by atoms with van der Waals surface area (Å²) in [6.07, 6.45) is 8.62. The zero-order valence-electron chi connectivity index (χ0n) is 25.4. The van der Waals surface area contributed by atoms with Crippen LogP contribution in [0, 0.1) is 0 Å². The molecule has 13 nitrogen and oxygen atoms in total. The minimum absolute atomic E-state index is 0.0728. The molecule has 1 aliphatic rings. The molecule has 5 rings (SSSR count). The Morgan fingerprint density at radius 3 is 2.74 bits per heavy atom. The van der Waals surface area contributed by atoms with Crippen molar-refractivity contribution in [3.05, 3.63) is 82.9 Å². The highest BCUT2D eigenvalue weighted by atomic mass is 35.5. The summed E-state index contributed by atoms with van der Waals surface area (Å²) in [6.45, 7) is 2.01. The van der Waals surface area contributed by atoms with E-state index in [9.17, 15) is 14.4 Å². The highest BCUT2D eigenvalue weighted by Crippen LogP contribution is 2.33. The number of anilines is 1. The van der Waals surface area contributed by atoms with Gasteiger partial charge in [0, 0.05) is 33.5 Å². The maximum absolute atomic E-state index is 13.3. The molecular formula is C32H33ClN8O5. The number of hydrogen-bond donors (Lipinski definition) is 2. The predicted octanol–water partition coefficient (Wildman–Crippen LogP) is 4.28. The van der Waals surface area contributed by atoms with Crippen LogP contribution in [0.25, 0.3) is 22.9 Å². The molecular weight excluding hydrogens is 612 g/mol. The average molecular weight is 645 g/mol. The quantitative estimate of drug-likeness (QED) is 0.208. The van der Waals surface area contributed by atoms with E-state index < -0.39 is 12.1 Å². The number of rotatable bonds is 8. The fourth-order valence-electron chi connectivity index (χ4n) is 5.21. The van der Waals surface area contributed by atoms with E-state index in [1.807, 2.05) is 24.3 Å². The van der Waals surface area contributed by atoms with Gasteiger partial charge in [-0.25, -0.2) is 4.79 Å². The van der Waals surface area contributed by atoms with Crippen LogP contribution in [0.5, 0.6) is 0 Å². The van der Waals surface area contributed by atoms with Crippen LogP contribution in [-0.2, 0) is 30.3 Å². The van der Waals surface area contributed by atoms with E-state index in [1.165, 1.54) is 24.2 Å². The van der Waals surface area contributed by atoms with Gasteiger partial charge in [-0.2, -0.15) is 14.9 Å². The Balaban J connectivity index is 1.45. The molecule has 2 N–H and O–H groups in total. The molecule has 2 bridgehead atoms. The summed E-state index contributed by atoms with van der Waals surface area (Å²) in [5.74, 6) is -1.09. The summed E-state index contributed by atoms with van der Waals surface area (Å²) in [4.78, 5) is 38.2. The van der Waals surface area contributed by atoms with Crippen molar-refractivity contribution in [2.24, 2.45) is 0 Å². The summed E-state index contributed by atoms with van der Waals surface area (Å²) in [5, 5.41) is 26.8. The van der Waals surface area contributed by atoms with E-state index in [4.69, 9.17) is 21.1 Å². The highest BCUT2D eigenvalue weighted by molar-refractivity contribution is 6.30. The SMILES string of the molecule is CCOC(=O)[C@@H]1CCCCC(NC(=O)/C=C/c2cc(Cl)ccc2-n2cnnn2)c2cc(cnn2)-c2ccc(CC(=O)OC)cc2N1. The maximum atomic E-state index is 13.3. The molecule has 0 spiro atoms. The van der Waals surface area contributed by atoms with Crippen molar-refractivity contribution in [1.82, 2.24) is 35.7 Å². The molecule has 46 heavy (non-hydrogen) atoms. The minimum atomic E-state index is -0.621. The van der Waals surface area contributed by atoms with Crippen molar-refractivity contribution in [2.75, 3.05) is 19.0 Å². The smallest absolute Gasteiger partial charge is 0.328 e. The molecule has 1 unspecified atom stereocenters. The second kappa shape index (κ2) is 15.2. The van der Waals surface area contributed by atoms with E-state index in [2.05, 4.69) is 36.4 Å². The number of aromatic nitrogens is 6. The standard InChI is InChI=1S/C32H33ClN8O5/c1-3-46-32(44)26-7-5-4-6-25(37-30(42)13-9-21-16-23(33)10-12-29(21)41-19-35-39-40-41)28-17-22(18-34-38-28)24-11-8-20(14-27(24)36-26)15-31(43)45-2/h8-14,16-19,25-26,36H,3-7,15H2,1-2H3,(H,37,42)/b13-9+/t25?,26-/m0/s1. The molecule has 2 aromatic carbocycles. The van der Waals surface area contributed by atoms with Gasteiger partial charge in [-0.15, -0.1) is 5.10 Å². The number of carbonyl (C=O) groups excluding carboxylic acids is 3. The molecule has 0 saturated heterocycles. The Bertz CT molecular complexity index is 1730. The Morgan fingerprint density at radius 1 is 1.11 bits per heavy atom. The number of ether oxygens (including phenoxy) is 2. The molecule has 14 heteroatoms. The zero-order chi connectivity index (χ0) is 32.5. The summed E-state index contributed by atoms with van der Waals surface area (Å²) in [7, 11) is 1.34. The van der Waals surface area contributed by atoms with Gasteiger partial charge >= 0.3 is 11.9 Å². The van der Waals surface area contributed by atoms with Crippen molar-refractivity contribution < 1.29 is 23.9 Å². The third-order valence-electron chi connectivity index (χ3n) is 7.45. The first-order valence-corrected chi connectivity index (χ1v) is 15.2. The van der Waals surface area contributed by atoms with Crippen LogP contribution in [0.2, 0.25) is 5.02 Å². The van der Waals surface area contributed by atoms with Crippen LogP contribution in [-0.4, -0.2) is 68.0 Å². The molecule has 0 radical (unpaired) electrons. The number of benzene rings is 2. The summed E-state index contributed by atoms with van der Waals surface area (Å²) < 4.78 is 11.7. The fraction of sp³-hybridized carbons (Fsp3) is 0.312. The first-order valence-electron chi connectivity index (χ1n) is 14.8. The Labute approximate surface area is 270 Å². The number of methoxy groups -OCH3 is 1. The van der Waals surface area contributed by atoms with Crippen LogP contribution < -0.4 is 10.6 Å². The molecule has 2 aromatic heterocycles. The number of fused-ring (bicyclic) bond motifs is 4. The van der Waals surface area contributed by atoms with E-state index in [0.717, 1.165) is 16.7 Å². The monoisotopic (exact) mass is 644 g/mol. The van der Waals surface area contributed by atoms with Gasteiger partial charge in [0.1, 0.15) is 12.4 Å². The van der Waals surface area contributed by atoms with Gasteiger partial charge in [-0.3, -0.25) is 9.59 Å². The van der Waals surface area contributed by atoms with Gasteiger partial charge in [-0.1, -0.05) is 36.6 Å². The Kier molecular flexibility index (Phi) is 10.7. The van der Waals surface area contributed by atoms with Crippen LogP contribution in [0.15, 0.2) is 61.1 Å². The molecule has 0 aliphatic carbocycles. The number of nitrogens with zero attached hydrogens (tertiary/aromatic N) is 6. The second-order valence-corrected chi connectivity index (χ2v) is 11.0. The summed E-state index contributed by atoms with van der Waals surface area (Å²) >= 11 is 6.23. The van der Waals surface area contributed by atoms with Crippen LogP contribution in [0.4, 0.5) is 5.69 Å². The molecule has 2 atom stereocenters. The molecule has 238 valence electrons. The van der Waals surface area contributed by atoms with E-state index in [-0.39, 0.29) is 30.9 Å². The number of amides is 1. The number of halogens is 1. The van der Waals surface area contributed by atoms with Crippen molar-refractivity contribution >= 4 is 41.2 Å². The molecule has 0 fully saturated rings. The molecule has 0 saturated carbocycles. The maximum Gasteiger partial charge on any atom is 0.328 e. The molecule has 3 heterocycles. The number of hydrogen-bond acceptors (Lipinski definition) is 11. The topological polar surface area (TPSA) is 163 Å². The lowest BCUT2D eigenvalue weighted by Gasteiger charge is -2.23. The van der Waals surface area contributed by atoms with Gasteiger partial charge in [0.15, 0.2) is 0 Å². The minimum Gasteiger partial charge on any atom is -0.469 e. The van der Waals surface area contributed by atoms with Crippen molar-refractivity contribution in [3.8, 4) is 16.8 Å². The predicted molar refractivity (Wildman–Crippen MR) is 170 cm³/mol. The number of tetrazole rings is 1. The van der Waals surface area contributed by atoms with Gasteiger partial charge in [0.25, 0.3) is 0 Å². The molecule has 1 amide bonds. The third-order valence-corrected chi connectivity index (χ3v) is 7.69. The summed E-state index contributed by atoms with van der Waals surface area (Å²) in [6, 6.07) is 11.5. The first-order chi connectivity index (χ1) is 22.3. The van der Waals surface area contributed by atoms with Crippen LogP contribution in [0.3, 0.4) is 0 Å². The third kappa shape index (κ3) is 8.10. The van der Waals surface area contributed by atoms with Crippen molar-refractivity contribution in [1.29, 1.82) is 0 Å². The summed E-state index contributed by atoms with van der Waals surface area (Å²) in [5.41, 5.74) is 4.72. The Morgan fingerprint density at radius 2 is 1.96 bits per heavy atom.